The highest BCUT2D eigenvalue weighted by atomic mass is 79.9. The molecular formula is C14H17BrN4O. The summed E-state index contributed by atoms with van der Waals surface area (Å²) in [6, 6.07) is 7.62. The number of nitrogens with zero attached hydrogens (tertiary/aromatic N) is 3. The van der Waals surface area contributed by atoms with Gasteiger partial charge in [0.15, 0.2) is 0 Å². The Labute approximate surface area is 126 Å². The van der Waals surface area contributed by atoms with Gasteiger partial charge in [-0.05, 0) is 40.7 Å². The molecule has 0 unspecified atom stereocenters. The van der Waals surface area contributed by atoms with Crippen molar-refractivity contribution < 1.29 is 4.79 Å². The van der Waals surface area contributed by atoms with Crippen molar-refractivity contribution in [2.45, 2.75) is 13.2 Å². The van der Waals surface area contributed by atoms with E-state index in [0.29, 0.717) is 12.2 Å². The van der Waals surface area contributed by atoms with Crippen molar-refractivity contribution >= 4 is 21.8 Å². The molecule has 0 fully saturated rings. The zero-order chi connectivity index (χ0) is 14.5. The molecule has 6 heteroatoms. The van der Waals surface area contributed by atoms with Crippen LogP contribution >= 0.6 is 15.9 Å². The van der Waals surface area contributed by atoms with E-state index in [1.54, 1.807) is 13.2 Å². The van der Waals surface area contributed by atoms with Gasteiger partial charge in [-0.1, -0.05) is 12.1 Å². The highest BCUT2D eigenvalue weighted by Gasteiger charge is 2.05. The van der Waals surface area contributed by atoms with E-state index in [0.717, 1.165) is 16.6 Å². The van der Waals surface area contributed by atoms with Crippen LogP contribution in [0.2, 0.25) is 0 Å². The van der Waals surface area contributed by atoms with Gasteiger partial charge in [-0.3, -0.25) is 14.4 Å². The van der Waals surface area contributed by atoms with Crippen LogP contribution in [0.4, 0.5) is 0 Å². The smallest absolute Gasteiger partial charge is 0.251 e. The van der Waals surface area contributed by atoms with Crippen LogP contribution in [0, 0.1) is 0 Å². The van der Waals surface area contributed by atoms with Gasteiger partial charge in [-0.15, -0.1) is 0 Å². The van der Waals surface area contributed by atoms with Gasteiger partial charge < -0.3 is 5.32 Å². The molecule has 1 aromatic heterocycles. The molecular weight excluding hydrogens is 320 g/mol. The van der Waals surface area contributed by atoms with Crippen molar-refractivity contribution in [3.63, 3.8) is 0 Å². The maximum Gasteiger partial charge on any atom is 0.251 e. The lowest BCUT2D eigenvalue weighted by atomic mass is 10.1. The Balaban J connectivity index is 1.94. The number of rotatable bonds is 5. The van der Waals surface area contributed by atoms with E-state index in [2.05, 4.69) is 31.2 Å². The van der Waals surface area contributed by atoms with E-state index in [-0.39, 0.29) is 5.91 Å². The number of nitrogens with one attached hydrogen (secondary N) is 1. The summed E-state index contributed by atoms with van der Waals surface area (Å²) in [5.74, 6) is -0.0636. The molecule has 106 valence electrons. The van der Waals surface area contributed by atoms with E-state index < -0.39 is 0 Å². The molecule has 0 aliphatic carbocycles. The normalized spacial score (nSPS) is 10.8. The average Bonchev–Trinajstić information content (AvgIpc) is 2.84. The van der Waals surface area contributed by atoms with E-state index in [1.165, 1.54) is 0 Å². The Morgan fingerprint density at radius 2 is 2.10 bits per heavy atom. The Hall–Kier alpha value is -1.66. The number of amides is 1. The quantitative estimate of drug-likeness (QED) is 0.909. The number of aromatic nitrogens is 2. The third-order valence-electron chi connectivity index (χ3n) is 2.88. The van der Waals surface area contributed by atoms with Gasteiger partial charge in [-0.2, -0.15) is 5.10 Å². The topological polar surface area (TPSA) is 50.2 Å². The Morgan fingerprint density at radius 1 is 1.40 bits per heavy atom. The summed E-state index contributed by atoms with van der Waals surface area (Å²) in [5.41, 5.74) is 1.83. The molecule has 0 atom stereocenters. The number of halogens is 1. The molecule has 1 N–H and O–H groups in total. The monoisotopic (exact) mass is 336 g/mol. The summed E-state index contributed by atoms with van der Waals surface area (Å²) in [6.07, 6.45) is 3.71. The van der Waals surface area contributed by atoms with Gasteiger partial charge >= 0.3 is 0 Å². The van der Waals surface area contributed by atoms with Crippen molar-refractivity contribution in [2.75, 3.05) is 14.1 Å². The van der Waals surface area contributed by atoms with Crippen LogP contribution in [-0.4, -0.2) is 34.7 Å². The molecule has 1 amide bonds. The number of hydrogen-bond acceptors (Lipinski definition) is 3. The Morgan fingerprint density at radius 3 is 2.65 bits per heavy atom. The minimum absolute atomic E-state index is 0.0636. The minimum Gasteiger partial charge on any atom is -0.355 e. The van der Waals surface area contributed by atoms with Crippen LogP contribution in [-0.2, 0) is 13.2 Å². The van der Waals surface area contributed by atoms with Crippen molar-refractivity contribution in [1.29, 1.82) is 0 Å². The number of benzene rings is 1. The first-order chi connectivity index (χ1) is 9.58. The lowest BCUT2D eigenvalue weighted by Gasteiger charge is -2.16. The highest BCUT2D eigenvalue weighted by molar-refractivity contribution is 9.10. The van der Waals surface area contributed by atoms with Gasteiger partial charge in [0, 0.05) is 25.4 Å². The van der Waals surface area contributed by atoms with Gasteiger partial charge in [0.1, 0.15) is 0 Å². The molecule has 20 heavy (non-hydrogen) atoms. The van der Waals surface area contributed by atoms with Crippen LogP contribution in [0.1, 0.15) is 15.9 Å². The van der Waals surface area contributed by atoms with E-state index in [4.69, 9.17) is 0 Å². The maximum atomic E-state index is 11.5. The summed E-state index contributed by atoms with van der Waals surface area (Å²) in [7, 11) is 3.66. The minimum atomic E-state index is -0.0636. The van der Waals surface area contributed by atoms with Crippen molar-refractivity contribution in [2.24, 2.45) is 0 Å². The zero-order valence-electron chi connectivity index (χ0n) is 11.5. The first kappa shape index (κ1) is 14.7. The van der Waals surface area contributed by atoms with Crippen LogP contribution in [0.15, 0.2) is 41.1 Å². The molecule has 0 saturated heterocycles. The molecule has 1 aromatic carbocycles. The van der Waals surface area contributed by atoms with Crippen LogP contribution in [0.25, 0.3) is 0 Å². The third kappa shape index (κ3) is 3.91. The SMILES string of the molecule is CNC(=O)c1ccc(CN(C)Cn2cc(Br)cn2)cc1. The van der Waals surface area contributed by atoms with Crippen LogP contribution < -0.4 is 5.32 Å². The molecule has 0 aliphatic rings. The zero-order valence-corrected chi connectivity index (χ0v) is 13.1. The van der Waals surface area contributed by atoms with E-state index in [1.807, 2.05) is 42.2 Å². The molecule has 0 spiro atoms. The average molecular weight is 337 g/mol. The molecule has 2 aromatic rings. The fourth-order valence-corrected chi connectivity index (χ4v) is 2.26. The van der Waals surface area contributed by atoms with Gasteiger partial charge in [-0.25, -0.2) is 0 Å². The second-order valence-electron chi connectivity index (χ2n) is 4.63. The Kier molecular flexibility index (Phi) is 4.92. The lowest BCUT2D eigenvalue weighted by molar-refractivity contribution is 0.0963. The van der Waals surface area contributed by atoms with E-state index in [9.17, 15) is 4.79 Å². The second-order valence-corrected chi connectivity index (χ2v) is 5.55. The number of carbonyl (C=O) groups excluding carboxylic acids is 1. The van der Waals surface area contributed by atoms with Crippen molar-refractivity contribution in [3.8, 4) is 0 Å². The van der Waals surface area contributed by atoms with Crippen LogP contribution in [0.5, 0.6) is 0 Å². The number of carbonyl (C=O) groups is 1. The highest BCUT2D eigenvalue weighted by Crippen LogP contribution is 2.09. The Bertz CT molecular complexity index is 579. The molecule has 0 aliphatic heterocycles. The third-order valence-corrected chi connectivity index (χ3v) is 3.29. The predicted molar refractivity (Wildman–Crippen MR) is 81.2 cm³/mol. The maximum absolute atomic E-state index is 11.5. The van der Waals surface area contributed by atoms with E-state index >= 15 is 0 Å². The summed E-state index contributed by atoms with van der Waals surface area (Å²) in [4.78, 5) is 13.6. The summed E-state index contributed by atoms with van der Waals surface area (Å²) in [5, 5.41) is 6.83. The van der Waals surface area contributed by atoms with Crippen molar-refractivity contribution in [1.82, 2.24) is 20.0 Å². The number of hydrogen-bond donors (Lipinski definition) is 1. The van der Waals surface area contributed by atoms with Crippen molar-refractivity contribution in [3.05, 3.63) is 52.3 Å². The summed E-state index contributed by atoms with van der Waals surface area (Å²) >= 11 is 3.38. The standard InChI is InChI=1S/C14H17BrN4O/c1-16-14(20)12-5-3-11(4-6-12)8-18(2)10-19-9-13(15)7-17-19/h3-7,9H,8,10H2,1-2H3,(H,16,20). The molecule has 5 nitrogen and oxygen atoms in total. The largest absolute Gasteiger partial charge is 0.355 e. The first-order valence-corrected chi connectivity index (χ1v) is 7.05. The fraction of sp³-hybridized carbons (Fsp3) is 0.286. The fourth-order valence-electron chi connectivity index (χ4n) is 1.93. The van der Waals surface area contributed by atoms with Gasteiger partial charge in [0.05, 0.1) is 17.3 Å². The lowest BCUT2D eigenvalue weighted by Crippen LogP contribution is -2.22. The van der Waals surface area contributed by atoms with Gasteiger partial charge in [0.25, 0.3) is 5.91 Å². The second kappa shape index (κ2) is 6.67. The molecule has 1 heterocycles. The first-order valence-electron chi connectivity index (χ1n) is 6.26. The molecule has 0 bridgehead atoms. The summed E-state index contributed by atoms with van der Waals surface area (Å²) in [6.45, 7) is 1.51. The predicted octanol–water partition coefficient (Wildman–Crippen LogP) is 2.09. The molecule has 0 saturated carbocycles. The van der Waals surface area contributed by atoms with Gasteiger partial charge in [0.2, 0.25) is 0 Å². The molecule has 2 rings (SSSR count). The molecule has 0 radical (unpaired) electrons. The van der Waals surface area contributed by atoms with Crippen LogP contribution in [0.3, 0.4) is 0 Å². The summed E-state index contributed by atoms with van der Waals surface area (Å²) < 4.78 is 2.84.